The zero-order chi connectivity index (χ0) is 47.9. The maximum absolute atomic E-state index is 15.1. The largest absolute Gasteiger partial charge is 0.375 e. The molecule has 1 aliphatic carbocycles. The number of carbonyl (C=O) groups excluding carboxylic acids is 2. The van der Waals surface area contributed by atoms with Crippen molar-refractivity contribution in [2.24, 2.45) is 22.7 Å². The number of amides is 2. The third-order valence-corrected chi connectivity index (χ3v) is 16.6. The Morgan fingerprint density at radius 2 is 1.72 bits per heavy atom. The van der Waals surface area contributed by atoms with E-state index in [0.29, 0.717) is 24.8 Å². The van der Waals surface area contributed by atoms with E-state index in [4.69, 9.17) is 9.72 Å². The van der Waals surface area contributed by atoms with E-state index in [2.05, 4.69) is 131 Å². The number of ether oxygens (including phenoxy) is 1. The Labute approximate surface area is 404 Å². The molecule has 7 rings (SSSR count). The molecular formula is C58H86N6O3. The van der Waals surface area contributed by atoms with Crippen molar-refractivity contribution in [3.05, 3.63) is 77.1 Å². The molecular weight excluding hydrogens is 829 g/mol. The minimum atomic E-state index is -0.680. The predicted molar refractivity (Wildman–Crippen MR) is 277 cm³/mol. The molecule has 2 saturated heterocycles. The number of methoxy groups -OCH3 is 1. The van der Waals surface area contributed by atoms with E-state index < -0.39 is 6.04 Å². The van der Waals surface area contributed by atoms with Crippen LogP contribution >= 0.6 is 0 Å². The molecule has 3 fully saturated rings. The fourth-order valence-electron chi connectivity index (χ4n) is 11.9. The fourth-order valence-corrected chi connectivity index (χ4v) is 11.9. The van der Waals surface area contributed by atoms with Crippen LogP contribution in [0.2, 0.25) is 0 Å². The lowest BCUT2D eigenvalue weighted by Crippen LogP contribution is -2.61. The Bertz CT molecular complexity index is 2290. The Hall–Kier alpha value is -4.05. The molecule has 0 spiro atoms. The van der Waals surface area contributed by atoms with Gasteiger partial charge in [0.05, 0.1) is 23.5 Å². The zero-order valence-electron chi connectivity index (χ0n) is 43.2. The lowest BCUT2D eigenvalue weighted by atomic mass is 9.71. The normalized spacial score (nSPS) is 20.5. The SMILES string of the molecule is CCc1cnc(C(C)OC)c(-c2c(CC(C)(C)CC)c3cc(-c4cccc(CC(NC(=O)C(C5CCCC5)N5CCCC(CC)(CC(C)CC)C5)C(=O)N5CCCCN5)c4)ccc3n2CC)c1. The number of carbonyl (C=O) groups is 2. The molecule has 9 heteroatoms. The number of benzene rings is 2. The third kappa shape index (κ3) is 11.5. The molecule has 9 nitrogen and oxygen atoms in total. The Kier molecular flexibility index (Phi) is 17.1. The quantitative estimate of drug-likeness (QED) is 0.0918. The van der Waals surface area contributed by atoms with Gasteiger partial charge < -0.3 is 14.6 Å². The van der Waals surface area contributed by atoms with Gasteiger partial charge in [0.25, 0.3) is 5.91 Å². The van der Waals surface area contributed by atoms with E-state index >= 15 is 4.79 Å². The van der Waals surface area contributed by atoms with Crippen LogP contribution in [0.25, 0.3) is 33.3 Å². The van der Waals surface area contributed by atoms with Crippen molar-refractivity contribution in [3.8, 4) is 22.4 Å². The van der Waals surface area contributed by atoms with Crippen LogP contribution in [0, 0.1) is 22.7 Å². The number of likely N-dealkylation sites (tertiary alicyclic amines) is 1. The second-order valence-corrected chi connectivity index (χ2v) is 21.7. The summed E-state index contributed by atoms with van der Waals surface area (Å²) < 4.78 is 8.42. The maximum Gasteiger partial charge on any atom is 0.259 e. The van der Waals surface area contributed by atoms with Gasteiger partial charge in [0, 0.05) is 62.4 Å². The smallest absolute Gasteiger partial charge is 0.259 e. The molecule has 67 heavy (non-hydrogen) atoms. The molecule has 2 aliphatic heterocycles. The van der Waals surface area contributed by atoms with Gasteiger partial charge in [-0.05, 0) is 153 Å². The van der Waals surface area contributed by atoms with Gasteiger partial charge in [-0.15, -0.1) is 0 Å². The number of pyridine rings is 1. The summed E-state index contributed by atoms with van der Waals surface area (Å²) in [6.45, 7) is 24.8. The number of nitrogens with one attached hydrogen (secondary N) is 2. The summed E-state index contributed by atoms with van der Waals surface area (Å²) >= 11 is 0. The van der Waals surface area contributed by atoms with Gasteiger partial charge in [0.2, 0.25) is 5.91 Å². The Morgan fingerprint density at radius 1 is 0.940 bits per heavy atom. The van der Waals surface area contributed by atoms with Crippen LogP contribution < -0.4 is 10.7 Å². The Balaban J connectivity index is 1.25. The summed E-state index contributed by atoms with van der Waals surface area (Å²) in [5.74, 6) is 0.986. The zero-order valence-corrected chi connectivity index (χ0v) is 43.2. The molecule has 2 aromatic heterocycles. The monoisotopic (exact) mass is 915 g/mol. The number of hydrogen-bond acceptors (Lipinski definition) is 6. The summed E-state index contributed by atoms with van der Waals surface area (Å²) in [6, 6.07) is 17.1. The maximum atomic E-state index is 15.1. The van der Waals surface area contributed by atoms with Crippen LogP contribution in [0.4, 0.5) is 0 Å². The van der Waals surface area contributed by atoms with Crippen molar-refractivity contribution in [1.29, 1.82) is 0 Å². The lowest BCUT2D eigenvalue weighted by molar-refractivity contribution is -0.142. The van der Waals surface area contributed by atoms with Crippen molar-refractivity contribution in [1.82, 2.24) is 30.2 Å². The lowest BCUT2D eigenvalue weighted by Gasteiger charge is -2.47. The van der Waals surface area contributed by atoms with E-state index in [1.807, 2.05) is 6.20 Å². The molecule has 4 aromatic rings. The number of aromatic nitrogens is 2. The minimum Gasteiger partial charge on any atom is -0.375 e. The molecule has 5 unspecified atom stereocenters. The van der Waals surface area contributed by atoms with E-state index in [1.54, 1.807) is 12.1 Å². The number of hydrogen-bond donors (Lipinski definition) is 2. The molecule has 3 aliphatic rings. The average molecular weight is 915 g/mol. The summed E-state index contributed by atoms with van der Waals surface area (Å²) in [5, 5.41) is 6.53. The summed E-state index contributed by atoms with van der Waals surface area (Å²) in [5.41, 5.74) is 14.1. The highest BCUT2D eigenvalue weighted by atomic mass is 16.5. The van der Waals surface area contributed by atoms with Crippen LogP contribution in [0.15, 0.2) is 54.7 Å². The van der Waals surface area contributed by atoms with Gasteiger partial charge in [0.15, 0.2) is 0 Å². The van der Waals surface area contributed by atoms with Crippen molar-refractivity contribution in [2.75, 3.05) is 33.3 Å². The van der Waals surface area contributed by atoms with Crippen molar-refractivity contribution >= 4 is 22.7 Å². The molecule has 4 heterocycles. The number of hydrazine groups is 1. The van der Waals surface area contributed by atoms with Crippen molar-refractivity contribution in [2.45, 2.75) is 183 Å². The first-order chi connectivity index (χ1) is 32.3. The first-order valence-electron chi connectivity index (χ1n) is 26.6. The van der Waals surface area contributed by atoms with Gasteiger partial charge >= 0.3 is 0 Å². The predicted octanol–water partition coefficient (Wildman–Crippen LogP) is 12.3. The topological polar surface area (TPSA) is 91.7 Å². The van der Waals surface area contributed by atoms with E-state index in [1.165, 1.54) is 59.8 Å². The van der Waals surface area contributed by atoms with Crippen LogP contribution in [0.1, 0.15) is 168 Å². The second kappa shape index (κ2) is 22.6. The number of fused-ring (bicyclic) bond motifs is 1. The molecule has 5 atom stereocenters. The average Bonchev–Trinajstić information content (AvgIpc) is 3.99. The number of aryl methyl sites for hydroxylation is 2. The van der Waals surface area contributed by atoms with Gasteiger partial charge in [0.1, 0.15) is 6.04 Å². The van der Waals surface area contributed by atoms with Gasteiger partial charge in [-0.3, -0.25) is 24.5 Å². The van der Waals surface area contributed by atoms with Gasteiger partial charge in [-0.25, -0.2) is 5.43 Å². The van der Waals surface area contributed by atoms with E-state index in [0.717, 1.165) is 112 Å². The molecule has 0 radical (unpaired) electrons. The summed E-state index contributed by atoms with van der Waals surface area (Å²) in [4.78, 5) is 37.3. The van der Waals surface area contributed by atoms with Crippen LogP contribution in [-0.2, 0) is 40.1 Å². The highest BCUT2D eigenvalue weighted by molar-refractivity contribution is 5.95. The number of rotatable bonds is 20. The molecule has 1 saturated carbocycles. The number of piperidine rings is 1. The van der Waals surface area contributed by atoms with Crippen LogP contribution in [-0.4, -0.2) is 76.6 Å². The molecule has 366 valence electrons. The summed E-state index contributed by atoms with van der Waals surface area (Å²) in [7, 11) is 1.77. The molecule has 2 aromatic carbocycles. The second-order valence-electron chi connectivity index (χ2n) is 21.7. The Morgan fingerprint density at radius 3 is 2.39 bits per heavy atom. The van der Waals surface area contributed by atoms with Gasteiger partial charge in [-0.2, -0.15) is 0 Å². The summed E-state index contributed by atoms with van der Waals surface area (Å²) in [6.07, 6.45) is 17.6. The molecule has 2 amide bonds. The van der Waals surface area contributed by atoms with Gasteiger partial charge in [-0.1, -0.05) is 104 Å². The van der Waals surface area contributed by atoms with E-state index in [9.17, 15) is 4.79 Å². The minimum absolute atomic E-state index is 0.0382. The standard InChI is InChI=1S/C58H86N6O3/c1-11-40(6)36-58(14-4)28-21-30-62(39-58)53(44-23-16-17-24-44)55(65)61-50(56(66)64-31-19-18-29-60-64)34-43-22-20-25-45(32-43)46-26-27-51-47(35-46)49(37-57(8,9)13-3)54(63(51)15-5)48-33-42(12-2)38-59-52(48)41(7)67-10/h20,22,25-27,32-33,35,38,40-41,44,50,53,60H,11-19,21,23-24,28-31,34,36-37,39H2,1-10H3,(H,61,65). The highest BCUT2D eigenvalue weighted by Crippen LogP contribution is 2.44. The highest BCUT2D eigenvalue weighted by Gasteiger charge is 2.43. The molecule has 2 N–H and O–H groups in total. The van der Waals surface area contributed by atoms with Crippen molar-refractivity contribution in [3.63, 3.8) is 0 Å². The molecule has 0 bridgehead atoms. The van der Waals surface area contributed by atoms with Crippen molar-refractivity contribution < 1.29 is 14.3 Å². The van der Waals surface area contributed by atoms with Crippen LogP contribution in [0.3, 0.4) is 0 Å². The number of nitrogens with zero attached hydrogens (tertiary/aromatic N) is 4. The van der Waals surface area contributed by atoms with Crippen LogP contribution in [0.5, 0.6) is 0 Å². The first kappa shape index (κ1) is 50.8. The first-order valence-corrected chi connectivity index (χ1v) is 26.6. The fraction of sp³-hybridized carbons (Fsp3) is 0.638. The third-order valence-electron chi connectivity index (χ3n) is 16.6. The van der Waals surface area contributed by atoms with E-state index in [-0.39, 0.29) is 34.8 Å².